The molecule has 0 aromatic heterocycles. The second-order valence-electron chi connectivity index (χ2n) is 9.30. The van der Waals surface area contributed by atoms with E-state index in [-0.39, 0.29) is 11.0 Å². The highest BCUT2D eigenvalue weighted by Crippen LogP contribution is 2.32. The Hall–Kier alpha value is -2.80. The summed E-state index contributed by atoms with van der Waals surface area (Å²) in [7, 11) is 0. The first-order valence-corrected chi connectivity index (χ1v) is 10.0. The van der Waals surface area contributed by atoms with Crippen molar-refractivity contribution in [1.82, 2.24) is 0 Å². The minimum atomic E-state index is -0.152. The van der Waals surface area contributed by atoms with Gasteiger partial charge in [0.1, 0.15) is 0 Å². The van der Waals surface area contributed by atoms with Gasteiger partial charge in [-0.15, -0.1) is 0 Å². The molecule has 1 N–H and O–H groups in total. The van der Waals surface area contributed by atoms with Crippen LogP contribution in [0.3, 0.4) is 0 Å². The summed E-state index contributed by atoms with van der Waals surface area (Å²) in [6, 6.07) is 28.7. The Labute approximate surface area is 168 Å². The summed E-state index contributed by atoms with van der Waals surface area (Å²) >= 11 is 0. The fourth-order valence-corrected chi connectivity index (χ4v) is 3.91. The van der Waals surface area contributed by atoms with E-state index in [0.29, 0.717) is 0 Å². The van der Waals surface area contributed by atoms with Crippen molar-refractivity contribution >= 4 is 27.2 Å². The number of hydrogen-bond donors (Lipinski definition) is 1. The molecule has 4 rings (SSSR count). The maximum atomic E-state index is 3.73. The van der Waals surface area contributed by atoms with Crippen molar-refractivity contribution in [2.75, 3.05) is 5.32 Å². The Balaban J connectivity index is 1.65. The monoisotopic (exact) mass is 367 g/mol. The Bertz CT molecular complexity index is 1130. The number of nitrogens with one attached hydrogen (secondary N) is 1. The standard InChI is InChI=1S/C27H29N/c1-26(2,3)21-12-14-22(15-13-21)27(4,5)28-23-16-17-25-20(18-23)11-10-19-8-6-7-9-24(19)25/h6-18,28H,1-5H3. The van der Waals surface area contributed by atoms with Crippen LogP contribution in [0.5, 0.6) is 0 Å². The average Bonchev–Trinajstić information content (AvgIpc) is 2.67. The molecule has 28 heavy (non-hydrogen) atoms. The van der Waals surface area contributed by atoms with Crippen LogP contribution in [0, 0.1) is 0 Å². The summed E-state index contributed by atoms with van der Waals surface area (Å²) in [6.45, 7) is 11.2. The Morgan fingerprint density at radius 1 is 0.571 bits per heavy atom. The Morgan fingerprint density at radius 2 is 1.18 bits per heavy atom. The maximum Gasteiger partial charge on any atom is 0.0569 e. The summed E-state index contributed by atoms with van der Waals surface area (Å²) in [4.78, 5) is 0. The lowest BCUT2D eigenvalue weighted by Crippen LogP contribution is -2.28. The van der Waals surface area contributed by atoms with Gasteiger partial charge in [0.15, 0.2) is 0 Å². The zero-order chi connectivity index (χ0) is 19.9. The van der Waals surface area contributed by atoms with E-state index in [1.54, 1.807) is 0 Å². The maximum absolute atomic E-state index is 3.73. The van der Waals surface area contributed by atoms with Crippen LogP contribution in [-0.4, -0.2) is 0 Å². The molecule has 0 spiro atoms. The van der Waals surface area contributed by atoms with E-state index in [4.69, 9.17) is 0 Å². The molecule has 142 valence electrons. The van der Waals surface area contributed by atoms with Crippen LogP contribution in [0.1, 0.15) is 45.7 Å². The van der Waals surface area contributed by atoms with E-state index in [9.17, 15) is 0 Å². The van der Waals surface area contributed by atoms with Crippen LogP contribution < -0.4 is 5.32 Å². The third kappa shape index (κ3) is 3.49. The number of fused-ring (bicyclic) bond motifs is 3. The number of rotatable bonds is 3. The van der Waals surface area contributed by atoms with Crippen LogP contribution in [0.25, 0.3) is 21.5 Å². The van der Waals surface area contributed by atoms with E-state index in [2.05, 4.69) is 119 Å². The number of anilines is 1. The lowest BCUT2D eigenvalue weighted by Gasteiger charge is -2.29. The lowest BCUT2D eigenvalue weighted by molar-refractivity contribution is 0.583. The van der Waals surface area contributed by atoms with Gasteiger partial charge in [-0.3, -0.25) is 0 Å². The fraction of sp³-hybridized carbons (Fsp3) is 0.259. The van der Waals surface area contributed by atoms with Gasteiger partial charge in [-0.25, -0.2) is 0 Å². The van der Waals surface area contributed by atoms with Gasteiger partial charge in [-0.2, -0.15) is 0 Å². The normalized spacial score (nSPS) is 12.5. The third-order valence-corrected chi connectivity index (χ3v) is 5.67. The first-order chi connectivity index (χ1) is 13.2. The molecule has 0 bridgehead atoms. The zero-order valence-corrected chi connectivity index (χ0v) is 17.5. The minimum Gasteiger partial charge on any atom is -0.376 e. The highest BCUT2D eigenvalue weighted by atomic mass is 15.0. The fourth-order valence-electron chi connectivity index (χ4n) is 3.91. The van der Waals surface area contributed by atoms with Gasteiger partial charge in [-0.05, 0) is 64.1 Å². The molecular formula is C27H29N. The van der Waals surface area contributed by atoms with E-state index in [1.165, 1.54) is 32.7 Å². The van der Waals surface area contributed by atoms with Crippen molar-refractivity contribution in [3.63, 3.8) is 0 Å². The third-order valence-electron chi connectivity index (χ3n) is 5.67. The molecule has 1 nitrogen and oxygen atoms in total. The van der Waals surface area contributed by atoms with Crippen LogP contribution >= 0.6 is 0 Å². The van der Waals surface area contributed by atoms with Gasteiger partial charge in [0.2, 0.25) is 0 Å². The molecule has 0 heterocycles. The summed E-state index contributed by atoms with van der Waals surface area (Å²) < 4.78 is 0. The van der Waals surface area contributed by atoms with E-state index in [1.807, 2.05) is 0 Å². The highest BCUT2D eigenvalue weighted by molar-refractivity contribution is 6.08. The highest BCUT2D eigenvalue weighted by Gasteiger charge is 2.21. The van der Waals surface area contributed by atoms with E-state index in [0.717, 1.165) is 5.69 Å². The smallest absolute Gasteiger partial charge is 0.0569 e. The molecule has 0 unspecified atom stereocenters. The van der Waals surface area contributed by atoms with Crippen molar-refractivity contribution in [1.29, 1.82) is 0 Å². The quantitative estimate of drug-likeness (QED) is 0.367. The molecular weight excluding hydrogens is 338 g/mol. The first kappa shape index (κ1) is 18.6. The van der Waals surface area contributed by atoms with E-state index < -0.39 is 0 Å². The molecule has 0 saturated carbocycles. The summed E-state index contributed by atoms with van der Waals surface area (Å²) in [6.07, 6.45) is 0. The first-order valence-electron chi connectivity index (χ1n) is 10.0. The van der Waals surface area contributed by atoms with Crippen molar-refractivity contribution in [2.24, 2.45) is 0 Å². The van der Waals surface area contributed by atoms with Gasteiger partial charge >= 0.3 is 0 Å². The largest absolute Gasteiger partial charge is 0.376 e. The second kappa shape index (κ2) is 6.67. The minimum absolute atomic E-state index is 0.152. The number of benzene rings is 4. The van der Waals surface area contributed by atoms with Crippen molar-refractivity contribution in [3.05, 3.63) is 90.0 Å². The zero-order valence-electron chi connectivity index (χ0n) is 17.5. The molecule has 0 aliphatic carbocycles. The molecule has 4 aromatic carbocycles. The molecule has 4 aromatic rings. The second-order valence-corrected chi connectivity index (χ2v) is 9.30. The van der Waals surface area contributed by atoms with Crippen molar-refractivity contribution < 1.29 is 0 Å². The molecule has 0 aliphatic rings. The Morgan fingerprint density at radius 3 is 1.89 bits per heavy atom. The topological polar surface area (TPSA) is 12.0 Å². The number of hydrogen-bond acceptors (Lipinski definition) is 1. The van der Waals surface area contributed by atoms with Crippen LogP contribution in [0.15, 0.2) is 78.9 Å². The van der Waals surface area contributed by atoms with Crippen molar-refractivity contribution in [2.45, 2.75) is 45.6 Å². The van der Waals surface area contributed by atoms with Gasteiger partial charge in [0.05, 0.1) is 5.54 Å². The van der Waals surface area contributed by atoms with Crippen LogP contribution in [-0.2, 0) is 11.0 Å². The molecule has 0 saturated heterocycles. The molecule has 0 atom stereocenters. The van der Waals surface area contributed by atoms with E-state index >= 15 is 0 Å². The molecule has 0 radical (unpaired) electrons. The van der Waals surface area contributed by atoms with Crippen LogP contribution in [0.2, 0.25) is 0 Å². The average molecular weight is 368 g/mol. The van der Waals surface area contributed by atoms with Gasteiger partial charge in [-0.1, -0.05) is 87.5 Å². The van der Waals surface area contributed by atoms with Crippen molar-refractivity contribution in [3.8, 4) is 0 Å². The molecule has 0 fully saturated rings. The SMILES string of the molecule is CC(C)(C)c1ccc(C(C)(C)Nc2ccc3c(ccc4ccccc43)c2)cc1. The predicted molar refractivity (Wildman–Crippen MR) is 123 cm³/mol. The predicted octanol–water partition coefficient (Wildman–Crippen LogP) is 7.64. The summed E-state index contributed by atoms with van der Waals surface area (Å²) in [5, 5.41) is 8.90. The summed E-state index contributed by atoms with van der Waals surface area (Å²) in [5.74, 6) is 0. The van der Waals surface area contributed by atoms with Gasteiger partial charge < -0.3 is 5.32 Å². The lowest BCUT2D eigenvalue weighted by atomic mass is 9.84. The molecule has 1 heteroatoms. The summed E-state index contributed by atoms with van der Waals surface area (Å²) in [5.41, 5.74) is 3.83. The van der Waals surface area contributed by atoms with Crippen LogP contribution in [0.4, 0.5) is 5.69 Å². The van der Waals surface area contributed by atoms with Gasteiger partial charge in [0, 0.05) is 5.69 Å². The Kier molecular flexibility index (Phi) is 4.42. The molecule has 0 amide bonds. The molecule has 0 aliphatic heterocycles. The van der Waals surface area contributed by atoms with Gasteiger partial charge in [0.25, 0.3) is 0 Å².